The standard InChI is InChI=1S/C19H14F3NO3.C2H6/c1-2-23-15-8-5-12(18(25)26)9-13(15)10-16(23)17(24)11-3-6-14(7-4-11)19(20,21)22;1-2/h3-10H,2H2,1H3,(H,25,26);1-2H3. The van der Waals surface area contributed by atoms with Crippen molar-refractivity contribution in [2.45, 2.75) is 33.5 Å². The molecule has 3 rings (SSSR count). The zero-order valence-electron chi connectivity index (χ0n) is 15.7. The number of nitrogens with zero attached hydrogens (tertiary/aromatic N) is 1. The number of carboxylic acids is 1. The Hall–Kier alpha value is -3.09. The first kappa shape index (κ1) is 21.2. The number of benzene rings is 2. The monoisotopic (exact) mass is 391 g/mol. The summed E-state index contributed by atoms with van der Waals surface area (Å²) in [6.07, 6.45) is -4.47. The summed E-state index contributed by atoms with van der Waals surface area (Å²) in [4.78, 5) is 23.9. The zero-order valence-corrected chi connectivity index (χ0v) is 15.7. The third kappa shape index (κ3) is 4.08. The molecule has 2 aromatic carbocycles. The molecule has 4 nitrogen and oxygen atoms in total. The average Bonchev–Trinajstić information content (AvgIpc) is 3.06. The van der Waals surface area contributed by atoms with E-state index in [1.54, 1.807) is 16.7 Å². The molecule has 0 saturated carbocycles. The van der Waals surface area contributed by atoms with Gasteiger partial charge in [-0.25, -0.2) is 4.79 Å². The van der Waals surface area contributed by atoms with E-state index in [4.69, 9.17) is 5.11 Å². The van der Waals surface area contributed by atoms with Crippen LogP contribution in [-0.4, -0.2) is 21.4 Å². The van der Waals surface area contributed by atoms with Crippen molar-refractivity contribution in [1.29, 1.82) is 0 Å². The summed E-state index contributed by atoms with van der Waals surface area (Å²) in [5.74, 6) is -1.50. The molecule has 1 aromatic heterocycles. The molecule has 0 amide bonds. The van der Waals surface area contributed by atoms with Gasteiger partial charge in [0.2, 0.25) is 5.78 Å². The van der Waals surface area contributed by atoms with E-state index in [1.165, 1.54) is 12.1 Å². The van der Waals surface area contributed by atoms with E-state index in [2.05, 4.69) is 0 Å². The van der Waals surface area contributed by atoms with Crippen molar-refractivity contribution in [3.05, 3.63) is 70.9 Å². The highest BCUT2D eigenvalue weighted by Gasteiger charge is 2.30. The van der Waals surface area contributed by atoms with Crippen molar-refractivity contribution in [3.63, 3.8) is 0 Å². The minimum Gasteiger partial charge on any atom is -0.478 e. The maximum atomic E-state index is 12.8. The van der Waals surface area contributed by atoms with Crippen LogP contribution in [0.2, 0.25) is 0 Å². The lowest BCUT2D eigenvalue weighted by molar-refractivity contribution is -0.137. The molecular formula is C21H20F3NO3. The number of aromatic nitrogens is 1. The molecule has 1 heterocycles. The van der Waals surface area contributed by atoms with Gasteiger partial charge in [-0.2, -0.15) is 13.2 Å². The lowest BCUT2D eigenvalue weighted by Crippen LogP contribution is -2.10. The van der Waals surface area contributed by atoms with Crippen molar-refractivity contribution in [3.8, 4) is 0 Å². The Morgan fingerprint density at radius 1 is 0.964 bits per heavy atom. The van der Waals surface area contributed by atoms with Crippen LogP contribution < -0.4 is 0 Å². The number of aromatic carboxylic acids is 1. The maximum Gasteiger partial charge on any atom is 0.416 e. The van der Waals surface area contributed by atoms with Crippen molar-refractivity contribution < 1.29 is 27.9 Å². The molecule has 0 radical (unpaired) electrons. The van der Waals surface area contributed by atoms with Crippen LogP contribution >= 0.6 is 0 Å². The predicted octanol–water partition coefficient (Wildman–Crippen LogP) is 5.64. The molecule has 0 aliphatic heterocycles. The number of hydrogen-bond acceptors (Lipinski definition) is 2. The first-order valence-electron chi connectivity index (χ1n) is 8.81. The summed E-state index contributed by atoms with van der Waals surface area (Å²) in [5, 5.41) is 9.68. The van der Waals surface area contributed by atoms with E-state index < -0.39 is 23.5 Å². The van der Waals surface area contributed by atoms with Crippen LogP contribution in [0.5, 0.6) is 0 Å². The van der Waals surface area contributed by atoms with Crippen LogP contribution in [0.15, 0.2) is 48.5 Å². The van der Waals surface area contributed by atoms with Crippen LogP contribution in [-0.2, 0) is 12.7 Å². The van der Waals surface area contributed by atoms with Crippen LogP contribution in [0, 0.1) is 0 Å². The highest BCUT2D eigenvalue weighted by Crippen LogP contribution is 2.30. The number of hydrogen-bond donors (Lipinski definition) is 1. The second-order valence-corrected chi connectivity index (χ2v) is 5.76. The molecule has 0 aliphatic rings. The van der Waals surface area contributed by atoms with Gasteiger partial charge in [-0.15, -0.1) is 0 Å². The fraction of sp³-hybridized carbons (Fsp3) is 0.238. The minimum absolute atomic E-state index is 0.0966. The van der Waals surface area contributed by atoms with Gasteiger partial charge in [-0.1, -0.05) is 26.0 Å². The highest BCUT2D eigenvalue weighted by atomic mass is 19.4. The topological polar surface area (TPSA) is 59.3 Å². The second kappa shape index (κ2) is 8.29. The Morgan fingerprint density at radius 3 is 2.04 bits per heavy atom. The number of ketones is 1. The van der Waals surface area contributed by atoms with E-state index in [0.717, 1.165) is 24.3 Å². The fourth-order valence-corrected chi connectivity index (χ4v) is 2.89. The lowest BCUT2D eigenvalue weighted by atomic mass is 10.1. The largest absolute Gasteiger partial charge is 0.478 e. The van der Waals surface area contributed by atoms with Crippen molar-refractivity contribution in [2.24, 2.45) is 0 Å². The van der Waals surface area contributed by atoms with Gasteiger partial charge in [0.1, 0.15) is 0 Å². The molecule has 3 aromatic rings. The van der Waals surface area contributed by atoms with Crippen molar-refractivity contribution >= 4 is 22.7 Å². The Kier molecular flexibility index (Phi) is 6.28. The van der Waals surface area contributed by atoms with E-state index in [9.17, 15) is 22.8 Å². The Morgan fingerprint density at radius 2 is 1.54 bits per heavy atom. The van der Waals surface area contributed by atoms with Gasteiger partial charge < -0.3 is 9.67 Å². The number of carboxylic acid groups (broad SMARTS) is 1. The third-order valence-electron chi connectivity index (χ3n) is 4.17. The predicted molar refractivity (Wildman–Crippen MR) is 101 cm³/mol. The second-order valence-electron chi connectivity index (χ2n) is 5.76. The molecular weight excluding hydrogens is 371 g/mol. The van der Waals surface area contributed by atoms with Gasteiger partial charge in [0.25, 0.3) is 0 Å². The van der Waals surface area contributed by atoms with Gasteiger partial charge >= 0.3 is 12.1 Å². The van der Waals surface area contributed by atoms with Crippen LogP contribution in [0.1, 0.15) is 52.7 Å². The molecule has 0 saturated heterocycles. The molecule has 148 valence electrons. The maximum absolute atomic E-state index is 12.8. The molecule has 28 heavy (non-hydrogen) atoms. The number of rotatable bonds is 4. The van der Waals surface area contributed by atoms with Gasteiger partial charge in [-0.05, 0) is 43.3 Å². The van der Waals surface area contributed by atoms with Gasteiger partial charge in [-0.3, -0.25) is 4.79 Å². The highest BCUT2D eigenvalue weighted by molar-refractivity contribution is 6.11. The number of carbonyl (C=O) groups is 2. The summed E-state index contributed by atoms with van der Waals surface area (Å²) in [7, 11) is 0. The number of fused-ring (bicyclic) bond motifs is 1. The fourth-order valence-electron chi connectivity index (χ4n) is 2.89. The van der Waals surface area contributed by atoms with Gasteiger partial charge in [0.15, 0.2) is 0 Å². The smallest absolute Gasteiger partial charge is 0.416 e. The van der Waals surface area contributed by atoms with Crippen LogP contribution in [0.4, 0.5) is 13.2 Å². The van der Waals surface area contributed by atoms with Crippen molar-refractivity contribution in [2.75, 3.05) is 0 Å². The molecule has 0 fully saturated rings. The summed E-state index contributed by atoms with van der Waals surface area (Å²) in [6.45, 7) is 6.28. The first-order chi connectivity index (χ1) is 13.2. The summed E-state index contributed by atoms with van der Waals surface area (Å²) in [5.41, 5.74) is 0.391. The Balaban J connectivity index is 0.00000136. The zero-order chi connectivity index (χ0) is 21.1. The third-order valence-corrected chi connectivity index (χ3v) is 4.17. The Bertz CT molecular complexity index is 1000. The lowest BCUT2D eigenvalue weighted by Gasteiger charge is -2.09. The summed E-state index contributed by atoms with van der Waals surface area (Å²) in [6, 6.07) is 10.1. The number of halogens is 3. The summed E-state index contributed by atoms with van der Waals surface area (Å²) < 4.78 is 39.7. The SMILES string of the molecule is CC.CCn1c(C(=O)c2ccc(C(F)(F)F)cc2)cc2cc(C(=O)O)ccc21. The van der Waals surface area contributed by atoms with Crippen LogP contribution in [0.25, 0.3) is 10.9 Å². The average molecular weight is 391 g/mol. The molecule has 0 aliphatic carbocycles. The van der Waals surface area contributed by atoms with Crippen molar-refractivity contribution in [1.82, 2.24) is 4.57 Å². The molecule has 0 bridgehead atoms. The van der Waals surface area contributed by atoms with E-state index in [-0.39, 0.29) is 11.1 Å². The molecule has 0 spiro atoms. The van der Waals surface area contributed by atoms with E-state index in [0.29, 0.717) is 23.1 Å². The number of carbonyl (C=O) groups excluding carboxylic acids is 1. The van der Waals surface area contributed by atoms with E-state index >= 15 is 0 Å². The molecule has 0 atom stereocenters. The number of aryl methyl sites for hydroxylation is 1. The number of alkyl halides is 3. The van der Waals surface area contributed by atoms with Crippen LogP contribution in [0.3, 0.4) is 0 Å². The molecule has 1 N–H and O–H groups in total. The first-order valence-corrected chi connectivity index (χ1v) is 8.81. The molecule has 7 heteroatoms. The van der Waals surface area contributed by atoms with E-state index in [1.807, 2.05) is 20.8 Å². The Labute approximate surface area is 160 Å². The summed E-state index contributed by atoms with van der Waals surface area (Å²) >= 11 is 0. The normalized spacial score (nSPS) is 11.1. The minimum atomic E-state index is -4.47. The quantitative estimate of drug-likeness (QED) is 0.586. The van der Waals surface area contributed by atoms with Gasteiger partial charge in [0.05, 0.1) is 16.8 Å². The van der Waals surface area contributed by atoms with Gasteiger partial charge in [0, 0.05) is 23.0 Å². The molecule has 0 unspecified atom stereocenters.